The van der Waals surface area contributed by atoms with Crippen molar-refractivity contribution >= 4 is 40.8 Å². The predicted octanol–water partition coefficient (Wildman–Crippen LogP) is 4.22. The number of nitrogens with zero attached hydrogens (tertiary/aromatic N) is 3. The van der Waals surface area contributed by atoms with E-state index in [0.717, 1.165) is 28.4 Å². The molecule has 0 radical (unpaired) electrons. The first-order valence-corrected chi connectivity index (χ1v) is 11.3. The van der Waals surface area contributed by atoms with Gasteiger partial charge in [0.1, 0.15) is 11.6 Å². The number of nitrogens with two attached hydrogens (primary N) is 1. The molecule has 1 atom stereocenters. The van der Waals surface area contributed by atoms with E-state index in [2.05, 4.69) is 20.1 Å². The molecule has 0 spiro atoms. The molecule has 2 heterocycles. The molecule has 0 aliphatic carbocycles. The highest BCUT2D eigenvalue weighted by atomic mass is 32.2. The Kier molecular flexibility index (Phi) is 6.45. The molecule has 1 unspecified atom stereocenters. The summed E-state index contributed by atoms with van der Waals surface area (Å²) >= 11 is 1.44. The largest absolute Gasteiger partial charge is 0.397 e. The van der Waals surface area contributed by atoms with Gasteiger partial charge < -0.3 is 15.8 Å². The number of nitrogen functional groups attached to an aromatic ring is 1. The second-order valence-corrected chi connectivity index (χ2v) is 8.11. The van der Waals surface area contributed by atoms with Crippen LogP contribution in [0.5, 0.6) is 0 Å². The normalized spacial score (nSPS) is 12.0. The third-order valence-corrected chi connectivity index (χ3v) is 5.65. The molecule has 4 rings (SSSR count). The zero-order valence-corrected chi connectivity index (χ0v) is 18.8. The summed E-state index contributed by atoms with van der Waals surface area (Å²) in [6.07, 6.45) is 4.09. The van der Waals surface area contributed by atoms with Crippen molar-refractivity contribution in [1.82, 2.24) is 20.1 Å². The Morgan fingerprint density at radius 3 is 2.64 bits per heavy atom. The minimum atomic E-state index is -0.686. The van der Waals surface area contributed by atoms with Crippen molar-refractivity contribution in [2.45, 2.75) is 12.5 Å². The molecular weight excluding hydrogens is 446 g/mol. The summed E-state index contributed by atoms with van der Waals surface area (Å²) in [7, 11) is 1.84. The number of halogens is 2. The number of hydrogen-bond acceptors (Lipinski definition) is 6. The van der Waals surface area contributed by atoms with Crippen LogP contribution in [0.4, 0.5) is 20.3 Å². The van der Waals surface area contributed by atoms with E-state index in [-0.39, 0.29) is 6.42 Å². The number of pyridine rings is 1. The second-order valence-electron chi connectivity index (χ2n) is 7.50. The number of hydrogen-bond donors (Lipinski definition) is 3. The predicted molar refractivity (Wildman–Crippen MR) is 127 cm³/mol. The number of aryl methyl sites for hydroxylation is 1. The molecule has 0 fully saturated rings. The summed E-state index contributed by atoms with van der Waals surface area (Å²) in [5.41, 5.74) is 9.79. The number of rotatable bonds is 8. The third kappa shape index (κ3) is 4.61. The first kappa shape index (κ1) is 22.5. The van der Waals surface area contributed by atoms with Crippen molar-refractivity contribution in [3.05, 3.63) is 71.6 Å². The van der Waals surface area contributed by atoms with Gasteiger partial charge in [0.25, 0.3) is 0 Å². The molecule has 2 aromatic carbocycles. The van der Waals surface area contributed by atoms with Crippen molar-refractivity contribution in [3.63, 3.8) is 0 Å². The van der Waals surface area contributed by atoms with E-state index >= 15 is 0 Å². The molecule has 4 N–H and O–H groups in total. The first-order valence-electron chi connectivity index (χ1n) is 10.1. The summed E-state index contributed by atoms with van der Waals surface area (Å²) in [5.74, 6) is -0.652. The Morgan fingerprint density at radius 2 is 1.94 bits per heavy atom. The van der Waals surface area contributed by atoms with Crippen LogP contribution in [-0.2, 0) is 18.3 Å². The van der Waals surface area contributed by atoms with Crippen molar-refractivity contribution in [2.24, 2.45) is 7.05 Å². The number of fused-ring (bicyclic) bond motifs is 1. The number of para-hydroxylation sites is 1. The molecular formula is C23H22F2N6OS. The van der Waals surface area contributed by atoms with Gasteiger partial charge in [-0.2, -0.15) is 5.10 Å². The smallest absolute Gasteiger partial charge is 0.207 e. The van der Waals surface area contributed by atoms with Gasteiger partial charge in [-0.15, -0.1) is 0 Å². The fraction of sp³-hybridized carbons (Fsp3) is 0.174. The summed E-state index contributed by atoms with van der Waals surface area (Å²) in [5, 5.41) is 8.21. The molecule has 170 valence electrons. The Balaban J connectivity index is 1.87. The molecule has 0 saturated heterocycles. The van der Waals surface area contributed by atoms with Gasteiger partial charge in [-0.3, -0.25) is 14.5 Å². The molecule has 0 aliphatic heterocycles. The van der Waals surface area contributed by atoms with Gasteiger partial charge in [-0.25, -0.2) is 8.78 Å². The summed E-state index contributed by atoms with van der Waals surface area (Å²) in [6, 6.07) is 10.2. The molecule has 4 aromatic rings. The average Bonchev–Trinajstić information content (AvgIpc) is 3.09. The lowest BCUT2D eigenvalue weighted by atomic mass is 9.94. The Labute approximate surface area is 193 Å². The fourth-order valence-corrected chi connectivity index (χ4v) is 4.34. The quantitative estimate of drug-likeness (QED) is 0.265. The fourth-order valence-electron chi connectivity index (χ4n) is 3.99. The monoisotopic (exact) mass is 468 g/mol. The minimum absolute atomic E-state index is 0.137. The van der Waals surface area contributed by atoms with E-state index in [9.17, 15) is 13.6 Å². The van der Waals surface area contributed by atoms with E-state index < -0.39 is 17.7 Å². The second kappa shape index (κ2) is 9.45. The number of carbonyl (C=O) groups excluding carboxylic acids is 1. The van der Waals surface area contributed by atoms with Crippen LogP contribution in [0, 0.1) is 11.6 Å². The van der Waals surface area contributed by atoms with E-state index in [1.165, 1.54) is 30.3 Å². The Hall–Kier alpha value is -3.66. The third-order valence-electron chi connectivity index (χ3n) is 5.25. The molecule has 33 heavy (non-hydrogen) atoms. The van der Waals surface area contributed by atoms with Crippen LogP contribution in [0.2, 0.25) is 0 Å². The summed E-state index contributed by atoms with van der Waals surface area (Å²) in [6.45, 7) is 0. The van der Waals surface area contributed by atoms with Crippen molar-refractivity contribution in [1.29, 1.82) is 0 Å². The number of nitrogens with one attached hydrogen (secondary N) is 2. The molecule has 1 amide bonds. The van der Waals surface area contributed by atoms with Crippen LogP contribution in [0.1, 0.15) is 17.3 Å². The number of aromatic nitrogens is 3. The van der Waals surface area contributed by atoms with Gasteiger partial charge >= 0.3 is 0 Å². The van der Waals surface area contributed by atoms with Crippen LogP contribution in [0.3, 0.4) is 0 Å². The highest BCUT2D eigenvalue weighted by Gasteiger charge is 2.22. The van der Waals surface area contributed by atoms with E-state index in [1.54, 1.807) is 10.7 Å². The van der Waals surface area contributed by atoms with Crippen LogP contribution in [0.15, 0.2) is 48.7 Å². The van der Waals surface area contributed by atoms with Crippen molar-refractivity contribution in [2.75, 3.05) is 16.7 Å². The SMILES string of the molecule is CSNc1nn(C)c2c(-c3cc(N)cnc3C(Cc3cc(F)cc(F)c3)NC=O)cccc12. The molecule has 7 nitrogen and oxygen atoms in total. The Morgan fingerprint density at radius 1 is 1.18 bits per heavy atom. The number of benzene rings is 2. The van der Waals surface area contributed by atoms with Crippen LogP contribution in [0.25, 0.3) is 22.0 Å². The zero-order chi connectivity index (χ0) is 23.5. The molecule has 2 aromatic heterocycles. The Bertz CT molecular complexity index is 1310. The van der Waals surface area contributed by atoms with Crippen LogP contribution < -0.4 is 15.8 Å². The van der Waals surface area contributed by atoms with E-state index in [4.69, 9.17) is 5.73 Å². The lowest BCUT2D eigenvalue weighted by molar-refractivity contribution is -0.110. The topological polar surface area (TPSA) is 97.9 Å². The molecule has 0 saturated carbocycles. The maximum absolute atomic E-state index is 13.8. The molecule has 0 bridgehead atoms. The lowest BCUT2D eigenvalue weighted by Crippen LogP contribution is -2.24. The van der Waals surface area contributed by atoms with E-state index in [1.807, 2.05) is 31.5 Å². The minimum Gasteiger partial charge on any atom is -0.397 e. The zero-order valence-electron chi connectivity index (χ0n) is 18.0. The number of amides is 1. The van der Waals surface area contributed by atoms with Crippen LogP contribution in [-0.4, -0.2) is 27.4 Å². The summed E-state index contributed by atoms with van der Waals surface area (Å²) < 4.78 is 32.5. The number of anilines is 2. The van der Waals surface area contributed by atoms with Crippen molar-refractivity contribution in [3.8, 4) is 11.1 Å². The van der Waals surface area contributed by atoms with Gasteiger partial charge in [-0.1, -0.05) is 24.1 Å². The first-order chi connectivity index (χ1) is 15.9. The molecule has 10 heteroatoms. The van der Waals surface area contributed by atoms with Crippen LogP contribution >= 0.6 is 11.9 Å². The number of carbonyl (C=O) groups is 1. The lowest BCUT2D eigenvalue weighted by Gasteiger charge is -2.20. The van der Waals surface area contributed by atoms with Gasteiger partial charge in [0.15, 0.2) is 5.82 Å². The van der Waals surface area contributed by atoms with Gasteiger partial charge in [0.05, 0.1) is 29.1 Å². The highest BCUT2D eigenvalue weighted by Crippen LogP contribution is 2.37. The average molecular weight is 469 g/mol. The maximum Gasteiger partial charge on any atom is 0.207 e. The maximum atomic E-state index is 13.8. The molecule has 0 aliphatic rings. The standard InChI is InChI=1S/C23H22F2N6OS/c1-31-22-17(4-3-5-18(22)23(29-31)30-33-2)19-10-16(26)11-27-21(19)20(28-12-32)8-13-6-14(24)9-15(25)7-13/h3-7,9-12,20H,8,26H2,1-2H3,(H,28,32)(H,29,30). The van der Waals surface area contributed by atoms with Gasteiger partial charge in [0, 0.05) is 35.9 Å². The van der Waals surface area contributed by atoms with Crippen molar-refractivity contribution < 1.29 is 13.6 Å². The summed E-state index contributed by atoms with van der Waals surface area (Å²) in [4.78, 5) is 15.9. The highest BCUT2D eigenvalue weighted by molar-refractivity contribution is 7.99. The van der Waals surface area contributed by atoms with Gasteiger partial charge in [0.2, 0.25) is 6.41 Å². The van der Waals surface area contributed by atoms with E-state index in [0.29, 0.717) is 28.9 Å². The van der Waals surface area contributed by atoms with Gasteiger partial charge in [-0.05, 0) is 36.2 Å².